The number of hydrogen-bond acceptors (Lipinski definition) is 1. The Morgan fingerprint density at radius 2 is 1.92 bits per heavy atom. The van der Waals surface area contributed by atoms with Crippen LogP contribution < -0.4 is 5.73 Å². The van der Waals surface area contributed by atoms with Crippen LogP contribution >= 0.6 is 0 Å². The molecule has 1 aromatic rings. The monoisotopic (exact) mass is 167 g/mol. The van der Waals surface area contributed by atoms with Gasteiger partial charge in [0.25, 0.3) is 0 Å². The van der Waals surface area contributed by atoms with Crippen LogP contribution in [0.5, 0.6) is 0 Å². The highest BCUT2D eigenvalue weighted by molar-refractivity contribution is 5.14. The Morgan fingerprint density at radius 1 is 1.33 bits per heavy atom. The number of hydrogen-bond donors (Lipinski definition) is 1. The molecule has 1 atom stereocenters. The normalized spacial score (nSPS) is 15.6. The Hall–Kier alpha value is -0.890. The number of rotatable bonds is 3. The molecule has 0 radical (unpaired) electrons. The lowest BCUT2D eigenvalue weighted by atomic mass is 10.1. The van der Waals surface area contributed by atoms with Crippen molar-refractivity contribution in [3.8, 4) is 0 Å². The minimum Gasteiger partial charge on any atom is -0.299 e. The second kappa shape index (κ2) is 3.68. The van der Waals surface area contributed by atoms with Crippen molar-refractivity contribution < 1.29 is 4.39 Å². The van der Waals surface area contributed by atoms with Crippen LogP contribution in [-0.4, -0.2) is 5.79 Å². The lowest BCUT2D eigenvalue weighted by Crippen LogP contribution is -2.30. The van der Waals surface area contributed by atoms with Crippen molar-refractivity contribution in [3.05, 3.63) is 35.9 Å². The Bertz CT molecular complexity index is 225. The summed E-state index contributed by atoms with van der Waals surface area (Å²) in [5.41, 5.74) is 6.35. The number of aryl methyl sites for hydroxylation is 1. The topological polar surface area (TPSA) is 26.0 Å². The van der Waals surface area contributed by atoms with E-state index in [4.69, 9.17) is 5.73 Å². The van der Waals surface area contributed by atoms with Gasteiger partial charge in [-0.05, 0) is 25.3 Å². The highest BCUT2D eigenvalue weighted by Crippen LogP contribution is 2.11. The van der Waals surface area contributed by atoms with Crippen molar-refractivity contribution in [2.45, 2.75) is 25.6 Å². The maximum Gasteiger partial charge on any atom is 0.156 e. The van der Waals surface area contributed by atoms with Gasteiger partial charge in [0.1, 0.15) is 0 Å². The fourth-order valence-corrected chi connectivity index (χ4v) is 1.03. The average molecular weight is 167 g/mol. The standard InChI is InChI=1S/C10H14FN/c1-10(11,12)8-7-9-5-3-2-4-6-9/h2-6H,7-8,12H2,1H3. The van der Waals surface area contributed by atoms with Gasteiger partial charge in [-0.2, -0.15) is 0 Å². The van der Waals surface area contributed by atoms with Gasteiger partial charge >= 0.3 is 0 Å². The molecule has 66 valence electrons. The van der Waals surface area contributed by atoms with Crippen molar-refractivity contribution in [2.75, 3.05) is 0 Å². The van der Waals surface area contributed by atoms with Gasteiger partial charge in [0, 0.05) is 0 Å². The van der Waals surface area contributed by atoms with Gasteiger partial charge < -0.3 is 0 Å². The molecule has 2 N–H and O–H groups in total. The van der Waals surface area contributed by atoms with Crippen LogP contribution in [0.1, 0.15) is 18.9 Å². The quantitative estimate of drug-likeness (QED) is 0.686. The Balaban J connectivity index is 2.44. The molecule has 0 aromatic heterocycles. The third-order valence-electron chi connectivity index (χ3n) is 1.75. The zero-order chi connectivity index (χ0) is 9.03. The number of halogens is 1. The summed E-state index contributed by atoms with van der Waals surface area (Å²) in [4.78, 5) is 0. The molecule has 0 saturated heterocycles. The number of alkyl halides is 1. The molecule has 12 heavy (non-hydrogen) atoms. The van der Waals surface area contributed by atoms with Crippen LogP contribution in [0.3, 0.4) is 0 Å². The molecular weight excluding hydrogens is 153 g/mol. The molecule has 0 aliphatic rings. The first-order valence-electron chi connectivity index (χ1n) is 4.10. The largest absolute Gasteiger partial charge is 0.299 e. The second-order valence-corrected chi connectivity index (χ2v) is 3.26. The van der Waals surface area contributed by atoms with Gasteiger partial charge in [-0.25, -0.2) is 4.39 Å². The molecule has 0 saturated carbocycles. The minimum atomic E-state index is -1.55. The van der Waals surface area contributed by atoms with E-state index in [0.29, 0.717) is 12.8 Å². The van der Waals surface area contributed by atoms with E-state index in [9.17, 15) is 4.39 Å². The summed E-state index contributed by atoms with van der Waals surface area (Å²) in [6.45, 7) is 1.40. The van der Waals surface area contributed by atoms with E-state index in [1.807, 2.05) is 30.3 Å². The summed E-state index contributed by atoms with van der Waals surface area (Å²) in [6.07, 6.45) is 1.07. The molecule has 1 aromatic carbocycles. The zero-order valence-corrected chi connectivity index (χ0v) is 7.26. The zero-order valence-electron chi connectivity index (χ0n) is 7.26. The molecule has 0 amide bonds. The van der Waals surface area contributed by atoms with Crippen LogP contribution in [0.2, 0.25) is 0 Å². The molecule has 1 rings (SSSR count). The van der Waals surface area contributed by atoms with Crippen LogP contribution in [0.15, 0.2) is 30.3 Å². The molecule has 0 fully saturated rings. The lowest BCUT2D eigenvalue weighted by molar-refractivity contribution is 0.185. The van der Waals surface area contributed by atoms with E-state index in [1.165, 1.54) is 6.92 Å². The van der Waals surface area contributed by atoms with Crippen LogP contribution in [0.25, 0.3) is 0 Å². The molecule has 0 aliphatic carbocycles. The van der Waals surface area contributed by atoms with Gasteiger partial charge in [0.05, 0.1) is 0 Å². The third-order valence-corrected chi connectivity index (χ3v) is 1.75. The molecular formula is C10H14FN. The van der Waals surface area contributed by atoms with Gasteiger partial charge in [-0.1, -0.05) is 30.3 Å². The van der Waals surface area contributed by atoms with E-state index < -0.39 is 5.79 Å². The summed E-state index contributed by atoms with van der Waals surface area (Å²) < 4.78 is 12.9. The SMILES string of the molecule is CC(N)(F)CCc1ccccc1. The van der Waals surface area contributed by atoms with Crippen molar-refractivity contribution in [2.24, 2.45) is 5.73 Å². The first-order chi connectivity index (χ1) is 5.58. The highest BCUT2D eigenvalue weighted by atomic mass is 19.1. The molecule has 1 unspecified atom stereocenters. The van der Waals surface area contributed by atoms with Crippen molar-refractivity contribution in [1.29, 1.82) is 0 Å². The van der Waals surface area contributed by atoms with Crippen molar-refractivity contribution >= 4 is 0 Å². The summed E-state index contributed by atoms with van der Waals surface area (Å²) in [7, 11) is 0. The highest BCUT2D eigenvalue weighted by Gasteiger charge is 2.14. The van der Waals surface area contributed by atoms with Gasteiger partial charge in [0.15, 0.2) is 5.79 Å². The van der Waals surface area contributed by atoms with E-state index in [2.05, 4.69) is 0 Å². The fraction of sp³-hybridized carbons (Fsp3) is 0.400. The summed E-state index contributed by atoms with van der Waals surface area (Å²) in [6, 6.07) is 9.79. The summed E-state index contributed by atoms with van der Waals surface area (Å²) >= 11 is 0. The molecule has 0 spiro atoms. The first kappa shape index (κ1) is 9.20. The fourth-order valence-electron chi connectivity index (χ4n) is 1.03. The van der Waals surface area contributed by atoms with Crippen LogP contribution in [0.4, 0.5) is 4.39 Å². The summed E-state index contributed by atoms with van der Waals surface area (Å²) in [5, 5.41) is 0. The Kier molecular flexibility index (Phi) is 2.82. The van der Waals surface area contributed by atoms with Crippen LogP contribution in [0, 0.1) is 0 Å². The molecule has 0 aliphatic heterocycles. The Morgan fingerprint density at radius 3 is 2.42 bits per heavy atom. The van der Waals surface area contributed by atoms with Crippen LogP contribution in [-0.2, 0) is 6.42 Å². The second-order valence-electron chi connectivity index (χ2n) is 3.26. The number of nitrogens with two attached hydrogens (primary N) is 1. The average Bonchev–Trinajstić information content (AvgIpc) is 2.02. The molecule has 2 heteroatoms. The van der Waals surface area contributed by atoms with Crippen molar-refractivity contribution in [1.82, 2.24) is 0 Å². The lowest BCUT2D eigenvalue weighted by Gasteiger charge is -2.13. The van der Waals surface area contributed by atoms with E-state index >= 15 is 0 Å². The van der Waals surface area contributed by atoms with E-state index in [1.54, 1.807) is 0 Å². The van der Waals surface area contributed by atoms with E-state index in [-0.39, 0.29) is 0 Å². The van der Waals surface area contributed by atoms with Gasteiger partial charge in [0.2, 0.25) is 0 Å². The smallest absolute Gasteiger partial charge is 0.156 e. The van der Waals surface area contributed by atoms with Gasteiger partial charge in [-0.3, -0.25) is 5.73 Å². The van der Waals surface area contributed by atoms with E-state index in [0.717, 1.165) is 5.56 Å². The number of benzene rings is 1. The molecule has 0 bridgehead atoms. The maximum absolute atomic E-state index is 12.9. The Labute approximate surface area is 72.4 Å². The van der Waals surface area contributed by atoms with Crippen molar-refractivity contribution in [3.63, 3.8) is 0 Å². The molecule has 1 nitrogen and oxygen atoms in total. The minimum absolute atomic E-state index is 0.372. The molecule has 0 heterocycles. The maximum atomic E-state index is 12.9. The summed E-state index contributed by atoms with van der Waals surface area (Å²) in [5.74, 6) is -1.55. The predicted molar refractivity (Wildman–Crippen MR) is 48.5 cm³/mol. The predicted octanol–water partition coefficient (Wildman–Crippen LogP) is 2.26. The first-order valence-corrected chi connectivity index (χ1v) is 4.10. The van der Waals surface area contributed by atoms with Gasteiger partial charge in [-0.15, -0.1) is 0 Å². The third kappa shape index (κ3) is 3.49.